The Morgan fingerprint density at radius 2 is 1.91 bits per heavy atom. The molecule has 0 aromatic heterocycles. The highest BCUT2D eigenvalue weighted by atomic mass is 16.5. The van der Waals surface area contributed by atoms with Gasteiger partial charge in [-0.2, -0.15) is 0 Å². The molecule has 2 aromatic carbocycles. The third-order valence-electron chi connectivity index (χ3n) is 5.75. The number of unbranched alkanes of at least 4 members (excludes halogenated alkanes) is 1. The topological polar surface area (TPSA) is 70.7 Å². The van der Waals surface area contributed by atoms with Gasteiger partial charge in [0.05, 0.1) is 19.6 Å². The molecule has 2 amide bonds. The van der Waals surface area contributed by atoms with E-state index in [1.165, 1.54) is 0 Å². The highest BCUT2D eigenvalue weighted by molar-refractivity contribution is 5.79. The predicted molar refractivity (Wildman–Crippen MR) is 131 cm³/mol. The van der Waals surface area contributed by atoms with E-state index in [4.69, 9.17) is 4.74 Å². The van der Waals surface area contributed by atoms with Crippen LogP contribution in [0.1, 0.15) is 55.7 Å². The Labute approximate surface area is 197 Å². The zero-order valence-corrected chi connectivity index (χ0v) is 19.8. The second kappa shape index (κ2) is 13.6. The van der Waals surface area contributed by atoms with E-state index in [2.05, 4.69) is 40.7 Å². The minimum atomic E-state index is 0.0366. The Kier molecular flexibility index (Phi) is 10.2. The summed E-state index contributed by atoms with van der Waals surface area (Å²) in [4.78, 5) is 27.1. The van der Waals surface area contributed by atoms with Crippen LogP contribution in [0, 0.1) is 0 Å². The van der Waals surface area contributed by atoms with Crippen molar-refractivity contribution >= 4 is 11.8 Å². The van der Waals surface area contributed by atoms with Gasteiger partial charge in [-0.1, -0.05) is 55.8 Å². The van der Waals surface area contributed by atoms with Crippen molar-refractivity contribution in [2.45, 2.75) is 58.5 Å². The molecule has 1 aliphatic heterocycles. The van der Waals surface area contributed by atoms with E-state index < -0.39 is 0 Å². The number of ether oxygens (including phenoxy) is 1. The van der Waals surface area contributed by atoms with Gasteiger partial charge < -0.3 is 15.4 Å². The lowest BCUT2D eigenvalue weighted by molar-refractivity contribution is -0.122. The molecule has 0 fully saturated rings. The van der Waals surface area contributed by atoms with Crippen molar-refractivity contribution < 1.29 is 14.3 Å². The van der Waals surface area contributed by atoms with Gasteiger partial charge in [-0.05, 0) is 42.9 Å². The van der Waals surface area contributed by atoms with Crippen LogP contribution in [-0.4, -0.2) is 43.0 Å². The molecule has 33 heavy (non-hydrogen) atoms. The van der Waals surface area contributed by atoms with Crippen molar-refractivity contribution in [3.63, 3.8) is 0 Å². The van der Waals surface area contributed by atoms with Gasteiger partial charge in [-0.25, -0.2) is 0 Å². The standard InChI is InChI=1S/C27H37N3O3/c1-2-3-14-28-26(31)18-23-12-13-25-24(17-23)20-30(19-22-10-6-4-7-11-22)21-27(32)29-15-8-5-9-16-33-25/h4,6-7,10-13,17H,2-3,5,8-9,14-16,18-21H2,1H3,(H,28,31)(H,29,32). The SMILES string of the molecule is CCCCNC(=O)Cc1ccc2c(c1)CN(Cc1ccccc1)CC(=O)NCCCCCO2. The summed E-state index contributed by atoms with van der Waals surface area (Å²) >= 11 is 0. The maximum absolute atomic E-state index is 12.6. The first kappa shape index (κ1) is 24.8. The summed E-state index contributed by atoms with van der Waals surface area (Å²) in [6, 6.07) is 16.2. The first-order chi connectivity index (χ1) is 16.1. The molecular weight excluding hydrogens is 414 g/mol. The molecule has 0 saturated heterocycles. The van der Waals surface area contributed by atoms with E-state index >= 15 is 0 Å². The predicted octanol–water partition coefficient (Wildman–Crippen LogP) is 3.83. The summed E-state index contributed by atoms with van der Waals surface area (Å²) in [5.74, 6) is 0.913. The molecule has 6 heteroatoms. The highest BCUT2D eigenvalue weighted by Crippen LogP contribution is 2.24. The number of fused-ring (bicyclic) bond motifs is 1. The molecule has 0 radical (unpaired) electrons. The number of rotatable bonds is 7. The molecule has 1 aliphatic rings. The van der Waals surface area contributed by atoms with Gasteiger partial charge in [-0.3, -0.25) is 14.5 Å². The number of carbonyl (C=O) groups is 2. The van der Waals surface area contributed by atoms with Crippen LogP contribution < -0.4 is 15.4 Å². The van der Waals surface area contributed by atoms with Gasteiger partial charge in [0.25, 0.3) is 0 Å². The normalized spacial score (nSPS) is 15.7. The molecule has 1 heterocycles. The lowest BCUT2D eigenvalue weighted by atomic mass is 10.1. The Bertz CT molecular complexity index is 885. The number of hydrogen-bond acceptors (Lipinski definition) is 4. The molecule has 6 nitrogen and oxygen atoms in total. The molecule has 0 atom stereocenters. The maximum atomic E-state index is 12.6. The van der Waals surface area contributed by atoms with Crippen LogP contribution in [0.4, 0.5) is 0 Å². The average Bonchev–Trinajstić information content (AvgIpc) is 2.81. The first-order valence-electron chi connectivity index (χ1n) is 12.2. The van der Waals surface area contributed by atoms with Crippen LogP contribution in [0.2, 0.25) is 0 Å². The van der Waals surface area contributed by atoms with Crippen LogP contribution in [-0.2, 0) is 29.1 Å². The van der Waals surface area contributed by atoms with Crippen molar-refractivity contribution in [1.29, 1.82) is 0 Å². The number of amides is 2. The van der Waals surface area contributed by atoms with E-state index in [0.717, 1.165) is 54.5 Å². The van der Waals surface area contributed by atoms with E-state index in [1.807, 2.05) is 30.3 Å². The van der Waals surface area contributed by atoms with Gasteiger partial charge in [0, 0.05) is 31.7 Å². The maximum Gasteiger partial charge on any atom is 0.234 e. The number of nitrogens with one attached hydrogen (secondary N) is 2. The second-order valence-electron chi connectivity index (χ2n) is 8.71. The Balaban J connectivity index is 1.80. The molecule has 178 valence electrons. The smallest absolute Gasteiger partial charge is 0.234 e. The second-order valence-corrected chi connectivity index (χ2v) is 8.71. The summed E-state index contributed by atoms with van der Waals surface area (Å²) < 4.78 is 6.13. The van der Waals surface area contributed by atoms with Gasteiger partial charge in [-0.15, -0.1) is 0 Å². The van der Waals surface area contributed by atoms with Gasteiger partial charge in [0.1, 0.15) is 5.75 Å². The number of nitrogens with zero attached hydrogens (tertiary/aromatic N) is 1. The largest absolute Gasteiger partial charge is 0.493 e. The van der Waals surface area contributed by atoms with Gasteiger partial charge in [0.15, 0.2) is 0 Å². The number of benzene rings is 2. The van der Waals surface area contributed by atoms with Crippen molar-refractivity contribution in [3.05, 3.63) is 65.2 Å². The van der Waals surface area contributed by atoms with E-state index in [9.17, 15) is 9.59 Å². The van der Waals surface area contributed by atoms with E-state index in [1.54, 1.807) is 0 Å². The highest BCUT2D eigenvalue weighted by Gasteiger charge is 2.16. The fraction of sp³-hybridized carbons (Fsp3) is 0.481. The zero-order valence-electron chi connectivity index (χ0n) is 19.8. The van der Waals surface area contributed by atoms with Gasteiger partial charge >= 0.3 is 0 Å². The zero-order chi connectivity index (χ0) is 23.3. The van der Waals surface area contributed by atoms with Gasteiger partial charge in [0.2, 0.25) is 11.8 Å². The molecule has 2 aromatic rings. The Hall–Kier alpha value is -2.86. The van der Waals surface area contributed by atoms with Crippen LogP contribution in [0.5, 0.6) is 5.75 Å². The van der Waals surface area contributed by atoms with E-state index in [-0.39, 0.29) is 11.8 Å². The number of carbonyl (C=O) groups excluding carboxylic acids is 2. The number of hydrogen-bond donors (Lipinski definition) is 2. The fourth-order valence-corrected chi connectivity index (χ4v) is 3.98. The molecule has 0 bridgehead atoms. The lowest BCUT2D eigenvalue weighted by Gasteiger charge is -2.23. The molecule has 0 saturated carbocycles. The van der Waals surface area contributed by atoms with Crippen LogP contribution in [0.3, 0.4) is 0 Å². The molecule has 0 unspecified atom stereocenters. The third-order valence-corrected chi connectivity index (χ3v) is 5.75. The van der Waals surface area contributed by atoms with Crippen LogP contribution >= 0.6 is 0 Å². The Morgan fingerprint density at radius 1 is 1.06 bits per heavy atom. The average molecular weight is 452 g/mol. The summed E-state index contributed by atoms with van der Waals surface area (Å²) in [5.41, 5.74) is 3.13. The lowest BCUT2D eigenvalue weighted by Crippen LogP contribution is -2.37. The quantitative estimate of drug-likeness (QED) is 0.628. The Morgan fingerprint density at radius 3 is 2.73 bits per heavy atom. The molecule has 2 N–H and O–H groups in total. The molecule has 0 aliphatic carbocycles. The summed E-state index contributed by atoms with van der Waals surface area (Å²) in [7, 11) is 0. The molecule has 3 rings (SSSR count). The first-order valence-corrected chi connectivity index (χ1v) is 12.2. The van der Waals surface area contributed by atoms with Crippen LogP contribution in [0.25, 0.3) is 0 Å². The third kappa shape index (κ3) is 8.89. The molecule has 0 spiro atoms. The van der Waals surface area contributed by atoms with Crippen molar-refractivity contribution in [3.8, 4) is 5.75 Å². The van der Waals surface area contributed by atoms with Crippen molar-refractivity contribution in [2.75, 3.05) is 26.2 Å². The summed E-state index contributed by atoms with van der Waals surface area (Å²) in [6.07, 6.45) is 5.30. The molecular formula is C27H37N3O3. The van der Waals surface area contributed by atoms with Crippen molar-refractivity contribution in [2.24, 2.45) is 0 Å². The van der Waals surface area contributed by atoms with Crippen LogP contribution in [0.15, 0.2) is 48.5 Å². The minimum absolute atomic E-state index is 0.0366. The summed E-state index contributed by atoms with van der Waals surface area (Å²) in [5, 5.41) is 6.04. The fourth-order valence-electron chi connectivity index (χ4n) is 3.98. The monoisotopic (exact) mass is 451 g/mol. The van der Waals surface area contributed by atoms with Crippen molar-refractivity contribution in [1.82, 2.24) is 15.5 Å². The summed E-state index contributed by atoms with van der Waals surface area (Å²) in [6.45, 7) is 5.72. The minimum Gasteiger partial charge on any atom is -0.493 e. The van der Waals surface area contributed by atoms with E-state index in [0.29, 0.717) is 45.8 Å².